The average Bonchev–Trinajstić information content (AvgIpc) is 3.27. The van der Waals surface area contributed by atoms with Gasteiger partial charge in [0, 0.05) is 32.1 Å². The Bertz CT molecular complexity index is 1680. The Kier molecular flexibility index (Phi) is 4.06. The lowest BCUT2D eigenvalue weighted by atomic mass is 9.82. The van der Waals surface area contributed by atoms with Gasteiger partial charge in [0.1, 0.15) is 11.3 Å². The fourth-order valence-corrected chi connectivity index (χ4v) is 5.90. The molecule has 3 aromatic heterocycles. The lowest BCUT2D eigenvalue weighted by Gasteiger charge is -2.22. The number of rotatable bonds is 1. The van der Waals surface area contributed by atoms with Gasteiger partial charge in [-0.3, -0.25) is 4.98 Å². The van der Waals surface area contributed by atoms with Crippen molar-refractivity contribution in [2.24, 2.45) is 0 Å². The summed E-state index contributed by atoms with van der Waals surface area (Å²) in [7, 11) is 0. The number of hydrogen-bond donors (Lipinski definition) is 0. The summed E-state index contributed by atoms with van der Waals surface area (Å²) in [6, 6.07) is 19.7. The number of aryl methyl sites for hydroxylation is 2. The SMILES string of the molecule is Cc1sc2cc3c(cc2c1C)oc1c(-c2cc(C(C)(C)C)c4ccccc4c2)nccc13. The molecular weight excluding hydrogens is 410 g/mol. The number of aromatic nitrogens is 1. The van der Waals surface area contributed by atoms with E-state index in [4.69, 9.17) is 9.40 Å². The van der Waals surface area contributed by atoms with Crippen LogP contribution in [0.2, 0.25) is 0 Å². The Morgan fingerprint density at radius 1 is 0.844 bits per heavy atom. The van der Waals surface area contributed by atoms with Crippen LogP contribution in [0.25, 0.3) is 54.1 Å². The molecule has 3 heteroatoms. The maximum Gasteiger partial charge on any atom is 0.161 e. The second-order valence-electron chi connectivity index (χ2n) is 9.76. The average molecular weight is 436 g/mol. The first-order valence-electron chi connectivity index (χ1n) is 11.1. The van der Waals surface area contributed by atoms with Crippen molar-refractivity contribution < 1.29 is 4.42 Å². The highest BCUT2D eigenvalue weighted by atomic mass is 32.1. The van der Waals surface area contributed by atoms with E-state index in [9.17, 15) is 0 Å². The second kappa shape index (κ2) is 6.66. The van der Waals surface area contributed by atoms with Crippen LogP contribution < -0.4 is 0 Å². The van der Waals surface area contributed by atoms with Crippen LogP contribution in [-0.2, 0) is 5.41 Å². The summed E-state index contributed by atoms with van der Waals surface area (Å²) in [5.74, 6) is 0. The van der Waals surface area contributed by atoms with Gasteiger partial charge in [-0.15, -0.1) is 11.3 Å². The van der Waals surface area contributed by atoms with E-state index in [0.717, 1.165) is 33.2 Å². The molecular formula is C29H25NOS. The van der Waals surface area contributed by atoms with Crippen LogP contribution in [0.15, 0.2) is 65.2 Å². The zero-order chi connectivity index (χ0) is 22.2. The molecule has 0 bridgehead atoms. The van der Waals surface area contributed by atoms with Crippen LogP contribution in [0, 0.1) is 13.8 Å². The van der Waals surface area contributed by atoms with E-state index < -0.39 is 0 Å². The Hall–Kier alpha value is -3.17. The summed E-state index contributed by atoms with van der Waals surface area (Å²) in [4.78, 5) is 6.17. The molecule has 0 fully saturated rings. The molecule has 32 heavy (non-hydrogen) atoms. The number of nitrogens with zero attached hydrogens (tertiary/aromatic N) is 1. The third kappa shape index (κ3) is 2.81. The van der Waals surface area contributed by atoms with Gasteiger partial charge >= 0.3 is 0 Å². The third-order valence-electron chi connectivity index (χ3n) is 6.63. The molecule has 158 valence electrons. The lowest BCUT2D eigenvalue weighted by molar-refractivity contribution is 0.596. The standard InChI is InChI=1S/C29H25NOS/c1-16-17(2)32-26-15-23-21-10-11-30-27(28(21)31-25(23)14-22(16)26)19-12-18-8-6-7-9-20(18)24(13-19)29(3,4)5/h6-15H,1-5H3. The molecule has 6 rings (SSSR count). The summed E-state index contributed by atoms with van der Waals surface area (Å²) in [6.45, 7) is 11.2. The van der Waals surface area contributed by atoms with Gasteiger partial charge in [0.15, 0.2) is 5.58 Å². The van der Waals surface area contributed by atoms with Crippen molar-refractivity contribution in [3.63, 3.8) is 0 Å². The molecule has 0 saturated heterocycles. The van der Waals surface area contributed by atoms with Crippen LogP contribution in [0.1, 0.15) is 36.8 Å². The Labute approximate surface area is 191 Å². The van der Waals surface area contributed by atoms with Gasteiger partial charge in [-0.25, -0.2) is 0 Å². The molecule has 0 amide bonds. The van der Waals surface area contributed by atoms with Gasteiger partial charge < -0.3 is 4.42 Å². The normalized spacial score (nSPS) is 12.5. The fourth-order valence-electron chi connectivity index (χ4n) is 4.81. The fraction of sp³-hybridized carbons (Fsp3) is 0.207. The van der Waals surface area contributed by atoms with Crippen LogP contribution in [0.5, 0.6) is 0 Å². The summed E-state index contributed by atoms with van der Waals surface area (Å²) in [6.07, 6.45) is 1.91. The summed E-state index contributed by atoms with van der Waals surface area (Å²) in [5, 5.41) is 6.10. The molecule has 3 heterocycles. The third-order valence-corrected chi connectivity index (χ3v) is 7.80. The topological polar surface area (TPSA) is 26.0 Å². The predicted octanol–water partition coefficient (Wildman–Crippen LogP) is 8.93. The van der Waals surface area contributed by atoms with Crippen molar-refractivity contribution in [2.75, 3.05) is 0 Å². The van der Waals surface area contributed by atoms with Crippen molar-refractivity contribution in [1.82, 2.24) is 4.98 Å². The smallest absolute Gasteiger partial charge is 0.161 e. The quantitative estimate of drug-likeness (QED) is 0.258. The Morgan fingerprint density at radius 3 is 2.47 bits per heavy atom. The largest absolute Gasteiger partial charge is 0.454 e. The molecule has 0 unspecified atom stereocenters. The lowest BCUT2D eigenvalue weighted by Crippen LogP contribution is -2.12. The Morgan fingerprint density at radius 2 is 1.66 bits per heavy atom. The molecule has 0 aliphatic carbocycles. The number of fused-ring (bicyclic) bond motifs is 5. The van der Waals surface area contributed by atoms with E-state index in [0.29, 0.717) is 0 Å². The van der Waals surface area contributed by atoms with E-state index in [-0.39, 0.29) is 5.41 Å². The maximum atomic E-state index is 6.49. The maximum absolute atomic E-state index is 6.49. The highest BCUT2D eigenvalue weighted by Crippen LogP contribution is 2.41. The molecule has 0 radical (unpaired) electrons. The monoisotopic (exact) mass is 435 g/mol. The van der Waals surface area contributed by atoms with E-state index in [1.165, 1.54) is 36.9 Å². The number of hydrogen-bond acceptors (Lipinski definition) is 3. The van der Waals surface area contributed by atoms with Crippen LogP contribution in [0.4, 0.5) is 0 Å². The summed E-state index contributed by atoms with van der Waals surface area (Å²) in [5.41, 5.74) is 6.50. The van der Waals surface area contributed by atoms with E-state index >= 15 is 0 Å². The van der Waals surface area contributed by atoms with Crippen LogP contribution >= 0.6 is 11.3 Å². The molecule has 0 atom stereocenters. The Balaban J connectivity index is 1.67. The van der Waals surface area contributed by atoms with Gasteiger partial charge in [-0.2, -0.15) is 0 Å². The highest BCUT2D eigenvalue weighted by Gasteiger charge is 2.21. The highest BCUT2D eigenvalue weighted by molar-refractivity contribution is 7.19. The van der Waals surface area contributed by atoms with Gasteiger partial charge in [0.2, 0.25) is 0 Å². The van der Waals surface area contributed by atoms with Crippen molar-refractivity contribution in [1.29, 1.82) is 0 Å². The molecule has 0 aliphatic rings. The first-order valence-corrected chi connectivity index (χ1v) is 11.9. The van der Waals surface area contributed by atoms with Crippen LogP contribution in [-0.4, -0.2) is 4.98 Å². The molecule has 3 aromatic carbocycles. The zero-order valence-corrected chi connectivity index (χ0v) is 19.9. The first-order chi connectivity index (χ1) is 15.3. The van der Waals surface area contributed by atoms with E-state index in [2.05, 4.69) is 89.2 Å². The minimum Gasteiger partial charge on any atom is -0.454 e. The molecule has 0 saturated carbocycles. The molecule has 0 spiro atoms. The summed E-state index contributed by atoms with van der Waals surface area (Å²) < 4.78 is 7.80. The predicted molar refractivity (Wildman–Crippen MR) is 138 cm³/mol. The van der Waals surface area contributed by atoms with Gasteiger partial charge in [-0.05, 0) is 76.9 Å². The number of pyridine rings is 1. The molecule has 6 aromatic rings. The van der Waals surface area contributed by atoms with Gasteiger partial charge in [-0.1, -0.05) is 45.0 Å². The van der Waals surface area contributed by atoms with Gasteiger partial charge in [0.05, 0.1) is 0 Å². The zero-order valence-electron chi connectivity index (χ0n) is 19.0. The number of thiophene rings is 1. The number of furan rings is 1. The van der Waals surface area contributed by atoms with Crippen molar-refractivity contribution >= 4 is 54.1 Å². The first kappa shape index (κ1) is 19.5. The van der Waals surface area contributed by atoms with Gasteiger partial charge in [0.25, 0.3) is 0 Å². The minimum absolute atomic E-state index is 0.0249. The molecule has 0 N–H and O–H groups in total. The minimum atomic E-state index is 0.0249. The van der Waals surface area contributed by atoms with E-state index in [1.807, 2.05) is 17.5 Å². The van der Waals surface area contributed by atoms with Crippen molar-refractivity contribution in [3.05, 3.63) is 76.8 Å². The van der Waals surface area contributed by atoms with Crippen LogP contribution in [0.3, 0.4) is 0 Å². The number of benzene rings is 3. The van der Waals surface area contributed by atoms with Crippen molar-refractivity contribution in [3.8, 4) is 11.3 Å². The summed E-state index contributed by atoms with van der Waals surface area (Å²) >= 11 is 1.85. The van der Waals surface area contributed by atoms with Crippen molar-refractivity contribution in [2.45, 2.75) is 40.0 Å². The molecule has 0 aliphatic heterocycles. The molecule has 2 nitrogen and oxygen atoms in total. The van der Waals surface area contributed by atoms with E-state index in [1.54, 1.807) is 0 Å². The second-order valence-corrected chi connectivity index (χ2v) is 11.0.